The van der Waals surface area contributed by atoms with E-state index in [9.17, 15) is 19.5 Å². The molecule has 0 saturated heterocycles. The predicted molar refractivity (Wildman–Crippen MR) is 309 cm³/mol. The van der Waals surface area contributed by atoms with Gasteiger partial charge in [0, 0.05) is 72.6 Å². The largest absolute Gasteiger partial charge is 0.494 e. The lowest BCUT2D eigenvalue weighted by Gasteiger charge is -2.18. The van der Waals surface area contributed by atoms with Crippen LogP contribution in [-0.2, 0) is 9.59 Å². The molecule has 3 aliphatic heterocycles. The van der Waals surface area contributed by atoms with Crippen molar-refractivity contribution in [2.24, 2.45) is 4.99 Å². The van der Waals surface area contributed by atoms with Crippen LogP contribution in [-0.4, -0.2) is 57.4 Å². The van der Waals surface area contributed by atoms with E-state index in [1.807, 2.05) is 19.1 Å². The minimum Gasteiger partial charge on any atom is -0.494 e. The van der Waals surface area contributed by atoms with Gasteiger partial charge in [-0.2, -0.15) is 0 Å². The van der Waals surface area contributed by atoms with Crippen molar-refractivity contribution in [2.75, 3.05) is 14.1 Å². The maximum atomic E-state index is 13.6. The van der Waals surface area contributed by atoms with Gasteiger partial charge in [-0.05, 0) is 163 Å². The van der Waals surface area contributed by atoms with Gasteiger partial charge >= 0.3 is 0 Å². The van der Waals surface area contributed by atoms with Crippen LogP contribution in [0, 0.1) is 69.2 Å². The molecule has 12 heterocycles. The first kappa shape index (κ1) is 48.7. The van der Waals surface area contributed by atoms with Crippen molar-refractivity contribution in [3.8, 4) is 55.5 Å². The number of carbonyl (C=O) groups excluding carboxylic acids is 3. The molecule has 2 N–H and O–H groups in total. The number of amides is 3. The number of aromatic amines is 1. The molecule has 0 atom stereocenters. The molecule has 0 fully saturated rings. The molecule has 0 aliphatic carbocycles. The highest BCUT2D eigenvalue weighted by Gasteiger charge is 2.47. The summed E-state index contributed by atoms with van der Waals surface area (Å²) in [6.45, 7) is 21.1. The number of likely N-dealkylation sites (N-methyl/N-ethyl adjacent to an activating group) is 2. The number of H-pyrrole nitrogens is 1. The van der Waals surface area contributed by atoms with Crippen molar-refractivity contribution in [3.63, 3.8) is 0 Å². The van der Waals surface area contributed by atoms with Crippen LogP contribution in [0.4, 0.5) is 0 Å². The number of aliphatic imine (C=N–C) groups is 1. The van der Waals surface area contributed by atoms with Crippen LogP contribution in [0.1, 0.15) is 83.4 Å². The highest BCUT2D eigenvalue weighted by Crippen LogP contribution is 2.51. The lowest BCUT2D eigenvalue weighted by molar-refractivity contribution is -0.123. The fourth-order valence-electron chi connectivity index (χ4n) is 9.97. The normalized spacial score (nSPS) is 14.4. The average Bonchev–Trinajstić information content (AvgIpc) is 4.16. The number of hydrogen-bond acceptors (Lipinski definition) is 12. The van der Waals surface area contributed by atoms with Gasteiger partial charge in [-0.15, -0.1) is 90.7 Å². The highest BCUT2D eigenvalue weighted by atomic mass is 32.1. The Balaban J connectivity index is 0.000000156. The Morgan fingerprint density at radius 1 is 0.431 bits per heavy atom. The first-order valence-electron chi connectivity index (χ1n) is 23.1. The Hall–Kier alpha value is -5.56. The molecule has 16 heteroatoms. The van der Waals surface area contributed by atoms with Gasteiger partial charge in [-0.1, -0.05) is 0 Å². The van der Waals surface area contributed by atoms with Crippen molar-refractivity contribution >= 4 is 126 Å². The predicted octanol–water partition coefficient (Wildman–Crippen LogP) is 16.4. The van der Waals surface area contributed by atoms with Gasteiger partial charge in [0.15, 0.2) is 5.88 Å². The number of nitrogens with one attached hydrogen (secondary N) is 1. The Kier molecular flexibility index (Phi) is 12.3. The molecule has 0 saturated carbocycles. The number of aromatic nitrogens is 1. The maximum Gasteiger partial charge on any atom is 0.280 e. The van der Waals surface area contributed by atoms with Crippen LogP contribution in [0.2, 0.25) is 0 Å². The lowest BCUT2D eigenvalue weighted by atomic mass is 10.0. The van der Waals surface area contributed by atoms with Gasteiger partial charge < -0.3 is 19.9 Å². The van der Waals surface area contributed by atoms with E-state index in [2.05, 4.69) is 121 Å². The molecule has 3 aliphatic rings. The summed E-state index contributed by atoms with van der Waals surface area (Å²) in [7, 11) is 3.55. The third kappa shape index (κ3) is 7.97. The summed E-state index contributed by atoms with van der Waals surface area (Å²) < 4.78 is 0. The van der Waals surface area contributed by atoms with Crippen molar-refractivity contribution < 1.29 is 19.5 Å². The van der Waals surface area contributed by atoms with Crippen LogP contribution in [0.15, 0.2) is 76.8 Å². The fourth-order valence-corrected chi connectivity index (χ4v) is 19.3. The molecular formula is C56H48N4O4S8. The van der Waals surface area contributed by atoms with Crippen LogP contribution in [0.5, 0.6) is 5.88 Å². The summed E-state index contributed by atoms with van der Waals surface area (Å²) >= 11 is 13.7. The first-order valence-corrected chi connectivity index (χ1v) is 29.7. The lowest BCUT2D eigenvalue weighted by Crippen LogP contribution is -2.24. The minimum absolute atomic E-state index is 0.000373. The van der Waals surface area contributed by atoms with E-state index >= 15 is 0 Å². The second kappa shape index (κ2) is 18.1. The van der Waals surface area contributed by atoms with Gasteiger partial charge in [-0.3, -0.25) is 14.4 Å². The van der Waals surface area contributed by atoms with E-state index in [-0.39, 0.29) is 23.6 Å². The molecule has 0 radical (unpaired) electrons. The van der Waals surface area contributed by atoms with E-state index in [1.54, 1.807) is 115 Å². The van der Waals surface area contributed by atoms with Crippen LogP contribution in [0.25, 0.3) is 61.0 Å². The maximum absolute atomic E-state index is 13.6. The second-order valence-corrected chi connectivity index (χ2v) is 27.9. The molecule has 0 unspecified atom stereocenters. The van der Waals surface area contributed by atoms with Crippen LogP contribution < -0.4 is 0 Å². The zero-order valence-electron chi connectivity index (χ0n) is 41.6. The van der Waals surface area contributed by atoms with Crippen molar-refractivity contribution in [1.82, 2.24) is 14.8 Å². The van der Waals surface area contributed by atoms with Crippen molar-refractivity contribution in [1.29, 1.82) is 0 Å². The number of thiophene rings is 8. The van der Waals surface area contributed by atoms with Crippen LogP contribution >= 0.6 is 90.7 Å². The van der Waals surface area contributed by atoms with Gasteiger partial charge in [0.05, 0.1) is 64.6 Å². The molecule has 364 valence electrons. The Morgan fingerprint density at radius 3 is 1.19 bits per heavy atom. The molecule has 0 spiro atoms. The van der Waals surface area contributed by atoms with Gasteiger partial charge in [0.2, 0.25) is 0 Å². The quantitative estimate of drug-likeness (QED) is 0.158. The Labute approximate surface area is 450 Å². The molecule has 12 rings (SSSR count). The molecule has 3 amide bonds. The summed E-state index contributed by atoms with van der Waals surface area (Å²) in [5.74, 6) is -0.547. The standard InChI is InChI=1S/2C28H24N2O2S4/c1-11-7-15(5)33-23(11)17-9-13(3)25(35-17)21-19-20(28(32)29-21)22(30-27(19)31)26-14(4)10-18(36-26)24-12(2)8-16(6)34-24;1-13-11-15(3)33-25(13)19-9-7-17(35-19)23-21-22(28(32)29(23)5)24(30(6)27(21)31)18-8-10-20(36-18)26-14(2)12-16(4)34-26/h7-10,29,32H,1-6H3;7-12H,1-6H3. The van der Waals surface area contributed by atoms with E-state index in [0.29, 0.717) is 45.1 Å². The first-order chi connectivity index (χ1) is 34.3. The molecule has 72 heavy (non-hydrogen) atoms. The summed E-state index contributed by atoms with van der Waals surface area (Å²) in [4.78, 5) is 69.8. The SMILES string of the molecule is Cc1cc(C)c(-c2cc(C)c(C3=NC(=O)c4c(-c5sc(-c6sc(C)cc6C)cc5C)[nH]c(O)c43)s2)s1.Cc1cc(C)c(-c2ccc(C3=C4C(=O)N(C)C(c5ccc(-c6sc(C)cc6C)s5)=C4C(=O)N3C)s2)s1. The number of hydrogen-bond donors (Lipinski definition) is 2. The van der Waals surface area contributed by atoms with Crippen LogP contribution in [0.3, 0.4) is 0 Å². The minimum atomic E-state index is -0.304. The molecule has 0 aromatic carbocycles. The number of nitrogens with zero attached hydrogens (tertiary/aromatic N) is 3. The summed E-state index contributed by atoms with van der Waals surface area (Å²) in [6, 6.07) is 21.4. The van der Waals surface area contributed by atoms with E-state index in [4.69, 9.17) is 0 Å². The molecule has 9 aromatic rings. The van der Waals surface area contributed by atoms with E-state index in [1.165, 1.54) is 66.1 Å². The molecule has 0 bridgehead atoms. The average molecular weight is 1100 g/mol. The summed E-state index contributed by atoms with van der Waals surface area (Å²) in [5.41, 5.74) is 11.8. The Morgan fingerprint density at radius 2 is 0.792 bits per heavy atom. The monoisotopic (exact) mass is 1100 g/mol. The van der Waals surface area contributed by atoms with Gasteiger partial charge in [-0.25, -0.2) is 4.99 Å². The van der Waals surface area contributed by atoms with Gasteiger partial charge in [0.25, 0.3) is 17.7 Å². The third-order valence-electron chi connectivity index (χ3n) is 13.1. The molecule has 8 nitrogen and oxygen atoms in total. The number of carbonyl (C=O) groups is 3. The topological polar surface area (TPSA) is 106 Å². The van der Waals surface area contributed by atoms with E-state index < -0.39 is 0 Å². The van der Waals surface area contributed by atoms with Gasteiger partial charge in [0.1, 0.15) is 0 Å². The van der Waals surface area contributed by atoms with Crippen molar-refractivity contribution in [2.45, 2.75) is 69.2 Å². The fraction of sp³-hybridized carbons (Fsp3) is 0.214. The summed E-state index contributed by atoms with van der Waals surface area (Å²) in [5, 5.41) is 11.0. The highest BCUT2D eigenvalue weighted by molar-refractivity contribution is 7.25. The number of fused-ring (bicyclic) bond motifs is 2. The second-order valence-electron chi connectivity index (χ2n) is 18.6. The smallest absolute Gasteiger partial charge is 0.280 e. The van der Waals surface area contributed by atoms with Crippen molar-refractivity contribution in [3.05, 3.63) is 150 Å². The van der Waals surface area contributed by atoms with E-state index in [0.717, 1.165) is 45.3 Å². The molecular weight excluding hydrogens is 1050 g/mol. The molecule has 9 aromatic heterocycles. The zero-order chi connectivity index (χ0) is 50.9. The number of aryl methyl sites for hydroxylation is 10. The zero-order valence-corrected chi connectivity index (χ0v) is 48.1. The third-order valence-corrected chi connectivity index (χ3v) is 23.1. The number of rotatable bonds is 8. The number of aromatic hydroxyl groups is 1. The Bertz CT molecular complexity index is 3770. The summed E-state index contributed by atoms with van der Waals surface area (Å²) in [6.07, 6.45) is 0.